The molecule has 130 valence electrons. The van der Waals surface area contributed by atoms with Crippen molar-refractivity contribution in [2.24, 2.45) is 0 Å². The molecule has 0 aliphatic heterocycles. The first-order valence-corrected chi connectivity index (χ1v) is 7.76. The van der Waals surface area contributed by atoms with Gasteiger partial charge in [-0.15, -0.1) is 0 Å². The van der Waals surface area contributed by atoms with Gasteiger partial charge in [-0.25, -0.2) is 4.79 Å². The molecule has 0 heterocycles. The third kappa shape index (κ3) is 5.32. The molecule has 2 aromatic rings. The number of nitrogens with one attached hydrogen (secondary N) is 1. The SMILES string of the molecule is O=C(COC(=O)c1cc(Cl)cc(Cl)c1)Nc1ccc([N+](=O)[O-])cc1Cl. The van der Waals surface area contributed by atoms with Crippen molar-refractivity contribution in [1.29, 1.82) is 0 Å². The van der Waals surface area contributed by atoms with E-state index in [9.17, 15) is 19.7 Å². The summed E-state index contributed by atoms with van der Waals surface area (Å²) in [5, 5.41) is 13.5. The summed E-state index contributed by atoms with van der Waals surface area (Å²) < 4.78 is 4.85. The average molecular weight is 404 g/mol. The van der Waals surface area contributed by atoms with E-state index >= 15 is 0 Å². The summed E-state index contributed by atoms with van der Waals surface area (Å²) in [7, 11) is 0. The molecular weight excluding hydrogens is 395 g/mol. The van der Waals surface area contributed by atoms with Crippen molar-refractivity contribution < 1.29 is 19.2 Å². The normalized spacial score (nSPS) is 10.2. The Morgan fingerprint density at radius 1 is 1.08 bits per heavy atom. The van der Waals surface area contributed by atoms with Crippen molar-refractivity contribution >= 4 is 58.1 Å². The lowest BCUT2D eigenvalue weighted by Gasteiger charge is -2.08. The average Bonchev–Trinajstić information content (AvgIpc) is 2.53. The summed E-state index contributed by atoms with van der Waals surface area (Å²) in [5.41, 5.74) is 0.0324. The van der Waals surface area contributed by atoms with Crippen LogP contribution in [0.25, 0.3) is 0 Å². The number of rotatable bonds is 5. The molecule has 2 rings (SSSR count). The Kier molecular flexibility index (Phi) is 6.19. The van der Waals surface area contributed by atoms with Gasteiger partial charge in [0.15, 0.2) is 6.61 Å². The van der Waals surface area contributed by atoms with Gasteiger partial charge >= 0.3 is 5.97 Å². The first-order valence-electron chi connectivity index (χ1n) is 6.63. The molecule has 0 spiro atoms. The van der Waals surface area contributed by atoms with E-state index in [1.165, 1.54) is 30.3 Å². The van der Waals surface area contributed by atoms with Gasteiger partial charge in [0.2, 0.25) is 0 Å². The minimum Gasteiger partial charge on any atom is -0.452 e. The maximum absolute atomic E-state index is 11.9. The fraction of sp³-hybridized carbons (Fsp3) is 0.0667. The Bertz CT molecular complexity index is 837. The van der Waals surface area contributed by atoms with Gasteiger partial charge < -0.3 is 10.1 Å². The Hall–Kier alpha value is -2.35. The number of hydrogen-bond acceptors (Lipinski definition) is 5. The van der Waals surface area contributed by atoms with Gasteiger partial charge in [0, 0.05) is 22.2 Å². The van der Waals surface area contributed by atoms with Crippen LogP contribution in [0.4, 0.5) is 11.4 Å². The predicted molar refractivity (Wildman–Crippen MR) is 93.5 cm³/mol. The number of esters is 1. The maximum Gasteiger partial charge on any atom is 0.338 e. The molecule has 1 N–H and O–H groups in total. The number of benzene rings is 2. The molecule has 25 heavy (non-hydrogen) atoms. The molecule has 0 fully saturated rings. The zero-order chi connectivity index (χ0) is 18.6. The highest BCUT2D eigenvalue weighted by molar-refractivity contribution is 6.35. The molecule has 0 aliphatic carbocycles. The summed E-state index contributed by atoms with van der Waals surface area (Å²) in [6, 6.07) is 7.69. The molecule has 0 saturated heterocycles. The summed E-state index contributed by atoms with van der Waals surface area (Å²) in [6.07, 6.45) is 0. The number of halogens is 3. The molecular formula is C15H9Cl3N2O5. The number of nitro groups is 1. The Morgan fingerprint density at radius 3 is 2.28 bits per heavy atom. The Balaban J connectivity index is 1.96. The van der Waals surface area contributed by atoms with Crippen LogP contribution in [0.2, 0.25) is 15.1 Å². The molecule has 0 radical (unpaired) electrons. The van der Waals surface area contributed by atoms with Crippen LogP contribution in [0.3, 0.4) is 0 Å². The summed E-state index contributed by atoms with van der Waals surface area (Å²) in [5.74, 6) is -1.45. The predicted octanol–water partition coefficient (Wildman–Crippen LogP) is 4.35. The zero-order valence-electron chi connectivity index (χ0n) is 12.3. The maximum atomic E-state index is 11.9. The van der Waals surface area contributed by atoms with Crippen LogP contribution in [0.5, 0.6) is 0 Å². The van der Waals surface area contributed by atoms with E-state index in [1.807, 2.05) is 0 Å². The van der Waals surface area contributed by atoms with Gasteiger partial charge in [0.25, 0.3) is 11.6 Å². The molecule has 0 unspecified atom stereocenters. The van der Waals surface area contributed by atoms with Gasteiger partial charge in [-0.05, 0) is 24.3 Å². The van der Waals surface area contributed by atoms with E-state index in [0.29, 0.717) is 0 Å². The lowest BCUT2D eigenvalue weighted by Crippen LogP contribution is -2.21. The van der Waals surface area contributed by atoms with Gasteiger partial charge in [0.05, 0.1) is 21.2 Å². The second kappa shape index (κ2) is 8.15. The van der Waals surface area contributed by atoms with Gasteiger partial charge in [0.1, 0.15) is 0 Å². The molecule has 0 saturated carbocycles. The van der Waals surface area contributed by atoms with Crippen molar-refractivity contribution in [3.8, 4) is 0 Å². The lowest BCUT2D eigenvalue weighted by atomic mass is 10.2. The van der Waals surface area contributed by atoms with Crippen LogP contribution in [0, 0.1) is 10.1 Å². The third-order valence-electron chi connectivity index (χ3n) is 2.87. The molecule has 1 amide bonds. The Morgan fingerprint density at radius 2 is 1.72 bits per heavy atom. The summed E-state index contributed by atoms with van der Waals surface area (Å²) in [6.45, 7) is -0.587. The van der Waals surface area contributed by atoms with Crippen LogP contribution in [0.1, 0.15) is 10.4 Å². The lowest BCUT2D eigenvalue weighted by molar-refractivity contribution is -0.384. The van der Waals surface area contributed by atoms with E-state index < -0.39 is 23.4 Å². The second-order valence-corrected chi connectivity index (χ2v) is 5.98. The number of carbonyl (C=O) groups is 2. The molecule has 0 bridgehead atoms. The molecule has 0 aliphatic rings. The number of ether oxygens (including phenoxy) is 1. The van der Waals surface area contributed by atoms with Crippen LogP contribution in [0.15, 0.2) is 36.4 Å². The number of carbonyl (C=O) groups excluding carboxylic acids is 2. The molecule has 0 atom stereocenters. The highest BCUT2D eigenvalue weighted by Crippen LogP contribution is 2.26. The third-order valence-corrected chi connectivity index (χ3v) is 3.62. The Labute approximate surface area is 156 Å². The van der Waals surface area contributed by atoms with Crippen molar-refractivity contribution in [3.05, 3.63) is 67.1 Å². The van der Waals surface area contributed by atoms with E-state index in [2.05, 4.69) is 5.32 Å². The number of amides is 1. The first kappa shape index (κ1) is 19.0. The van der Waals surface area contributed by atoms with E-state index in [0.717, 1.165) is 6.07 Å². The van der Waals surface area contributed by atoms with Gasteiger partial charge in [-0.2, -0.15) is 0 Å². The topological polar surface area (TPSA) is 98.5 Å². The minimum atomic E-state index is -0.783. The molecule has 0 aromatic heterocycles. The quantitative estimate of drug-likeness (QED) is 0.454. The number of anilines is 1. The zero-order valence-corrected chi connectivity index (χ0v) is 14.6. The molecule has 7 nitrogen and oxygen atoms in total. The fourth-order valence-electron chi connectivity index (χ4n) is 1.79. The van der Waals surface area contributed by atoms with E-state index in [-0.39, 0.29) is 32.0 Å². The summed E-state index contributed by atoms with van der Waals surface area (Å²) in [4.78, 5) is 33.7. The number of non-ortho nitro benzene ring substituents is 1. The van der Waals surface area contributed by atoms with Crippen LogP contribution >= 0.6 is 34.8 Å². The van der Waals surface area contributed by atoms with Gasteiger partial charge in [-0.1, -0.05) is 34.8 Å². The van der Waals surface area contributed by atoms with E-state index in [1.54, 1.807) is 0 Å². The number of hydrogen-bond donors (Lipinski definition) is 1. The van der Waals surface area contributed by atoms with Crippen molar-refractivity contribution in [2.45, 2.75) is 0 Å². The number of nitrogens with zero attached hydrogens (tertiary/aromatic N) is 1. The van der Waals surface area contributed by atoms with Crippen molar-refractivity contribution in [2.75, 3.05) is 11.9 Å². The van der Waals surface area contributed by atoms with E-state index in [4.69, 9.17) is 39.5 Å². The highest BCUT2D eigenvalue weighted by atomic mass is 35.5. The smallest absolute Gasteiger partial charge is 0.338 e. The largest absolute Gasteiger partial charge is 0.452 e. The molecule has 2 aromatic carbocycles. The van der Waals surface area contributed by atoms with Crippen LogP contribution in [-0.4, -0.2) is 23.4 Å². The van der Waals surface area contributed by atoms with Gasteiger partial charge in [-0.3, -0.25) is 14.9 Å². The van der Waals surface area contributed by atoms with Crippen molar-refractivity contribution in [1.82, 2.24) is 0 Å². The summed E-state index contributed by atoms with van der Waals surface area (Å²) >= 11 is 17.4. The number of nitro benzene ring substituents is 1. The molecule has 10 heteroatoms. The first-order chi connectivity index (χ1) is 11.8. The monoisotopic (exact) mass is 402 g/mol. The minimum absolute atomic E-state index is 0.0181. The fourth-order valence-corrected chi connectivity index (χ4v) is 2.54. The van der Waals surface area contributed by atoms with Crippen LogP contribution < -0.4 is 5.32 Å². The second-order valence-electron chi connectivity index (χ2n) is 4.70. The van der Waals surface area contributed by atoms with Crippen LogP contribution in [-0.2, 0) is 9.53 Å². The highest BCUT2D eigenvalue weighted by Gasteiger charge is 2.14. The standard InChI is InChI=1S/C15H9Cl3N2O5/c16-9-3-8(4-10(17)5-9)15(22)25-7-14(21)19-13-2-1-11(20(23)24)6-12(13)18/h1-6H,7H2,(H,19,21). The van der Waals surface area contributed by atoms with Crippen molar-refractivity contribution in [3.63, 3.8) is 0 Å².